The molecule has 0 aromatic heterocycles. The number of carboxylic acid groups (broad SMARTS) is 1. The van der Waals surface area contributed by atoms with Crippen molar-refractivity contribution in [2.24, 2.45) is 0 Å². The van der Waals surface area contributed by atoms with Gasteiger partial charge in [-0.15, -0.1) is 0 Å². The number of hydrogen-bond donors (Lipinski definition) is 1. The summed E-state index contributed by atoms with van der Waals surface area (Å²) < 4.78 is 5.11. The second-order valence-electron chi connectivity index (χ2n) is 4.58. The predicted octanol–water partition coefficient (Wildman–Crippen LogP) is 3.35. The van der Waals surface area contributed by atoms with Crippen molar-refractivity contribution in [2.75, 3.05) is 6.61 Å². The van der Waals surface area contributed by atoms with E-state index < -0.39 is 11.9 Å². The van der Waals surface area contributed by atoms with Crippen LogP contribution in [-0.4, -0.2) is 23.7 Å². The number of unbranched alkanes of at least 4 members (excludes halogenated alkanes) is 2. The molecule has 0 saturated carbocycles. The van der Waals surface area contributed by atoms with Gasteiger partial charge in [0.05, 0.1) is 17.7 Å². The zero-order chi connectivity index (χ0) is 14.4. The lowest BCUT2D eigenvalue weighted by Gasteiger charge is -2.11. The smallest absolute Gasteiger partial charge is 0.339 e. The van der Waals surface area contributed by atoms with E-state index in [1.165, 1.54) is 6.07 Å². The van der Waals surface area contributed by atoms with Gasteiger partial charge in [-0.1, -0.05) is 25.8 Å². The van der Waals surface area contributed by atoms with E-state index in [4.69, 9.17) is 4.74 Å². The summed E-state index contributed by atoms with van der Waals surface area (Å²) in [4.78, 5) is 23.2. The Kier molecular flexibility index (Phi) is 5.55. The SMILES string of the molecule is CCCCCOC(=O)c1ccc(C)c(C)c1C(=O)O. The standard InChI is InChI=1S/C15H20O4/c1-4-5-6-9-19-15(18)12-8-7-10(2)11(3)13(12)14(16)17/h7-8H,4-6,9H2,1-3H3,(H,16,17). The highest BCUT2D eigenvalue weighted by atomic mass is 16.5. The van der Waals surface area contributed by atoms with Crippen LogP contribution in [0.4, 0.5) is 0 Å². The molecule has 1 aromatic rings. The Morgan fingerprint density at radius 3 is 2.47 bits per heavy atom. The van der Waals surface area contributed by atoms with Crippen LogP contribution in [0.3, 0.4) is 0 Å². The summed E-state index contributed by atoms with van der Waals surface area (Å²) in [6.07, 6.45) is 2.84. The van der Waals surface area contributed by atoms with E-state index in [0.717, 1.165) is 24.8 Å². The highest BCUT2D eigenvalue weighted by Gasteiger charge is 2.20. The van der Waals surface area contributed by atoms with E-state index in [2.05, 4.69) is 6.92 Å². The van der Waals surface area contributed by atoms with Crippen molar-refractivity contribution in [3.8, 4) is 0 Å². The number of hydrogen-bond acceptors (Lipinski definition) is 3. The lowest BCUT2D eigenvalue weighted by Crippen LogP contribution is -2.14. The molecule has 104 valence electrons. The fraction of sp³-hybridized carbons (Fsp3) is 0.467. The van der Waals surface area contributed by atoms with Crippen LogP contribution in [0.1, 0.15) is 58.0 Å². The average molecular weight is 264 g/mol. The van der Waals surface area contributed by atoms with Gasteiger partial charge in [-0.05, 0) is 37.5 Å². The molecule has 0 radical (unpaired) electrons. The molecule has 0 amide bonds. The second kappa shape index (κ2) is 6.92. The molecule has 0 aliphatic heterocycles. The van der Waals surface area contributed by atoms with Crippen molar-refractivity contribution in [2.45, 2.75) is 40.0 Å². The van der Waals surface area contributed by atoms with Gasteiger partial charge in [-0.3, -0.25) is 0 Å². The van der Waals surface area contributed by atoms with Crippen LogP contribution < -0.4 is 0 Å². The lowest BCUT2D eigenvalue weighted by molar-refractivity contribution is 0.0487. The molecule has 4 heteroatoms. The van der Waals surface area contributed by atoms with E-state index in [1.807, 2.05) is 6.92 Å². The van der Waals surface area contributed by atoms with Gasteiger partial charge in [0, 0.05) is 0 Å². The maximum atomic E-state index is 11.9. The van der Waals surface area contributed by atoms with Crippen molar-refractivity contribution in [1.82, 2.24) is 0 Å². The Morgan fingerprint density at radius 2 is 1.89 bits per heavy atom. The molecule has 1 aromatic carbocycles. The van der Waals surface area contributed by atoms with Crippen molar-refractivity contribution >= 4 is 11.9 Å². The van der Waals surface area contributed by atoms with Crippen molar-refractivity contribution in [3.05, 3.63) is 34.4 Å². The molecule has 0 saturated heterocycles. The van der Waals surface area contributed by atoms with Crippen molar-refractivity contribution < 1.29 is 19.4 Å². The second-order valence-corrected chi connectivity index (χ2v) is 4.58. The first kappa shape index (κ1) is 15.2. The molecular weight excluding hydrogens is 244 g/mol. The third-order valence-corrected chi connectivity index (χ3v) is 3.15. The minimum absolute atomic E-state index is 0.0421. The monoisotopic (exact) mass is 264 g/mol. The lowest BCUT2D eigenvalue weighted by atomic mass is 9.98. The summed E-state index contributed by atoms with van der Waals surface area (Å²) in [6.45, 7) is 5.91. The first-order valence-electron chi connectivity index (χ1n) is 6.49. The van der Waals surface area contributed by atoms with Crippen LogP contribution >= 0.6 is 0 Å². The molecule has 1 N–H and O–H groups in total. The highest BCUT2D eigenvalue weighted by Crippen LogP contribution is 2.19. The summed E-state index contributed by atoms with van der Waals surface area (Å²) in [6, 6.07) is 3.26. The van der Waals surface area contributed by atoms with Crippen LogP contribution in [0.15, 0.2) is 12.1 Å². The van der Waals surface area contributed by atoms with E-state index in [0.29, 0.717) is 12.2 Å². The zero-order valence-electron chi connectivity index (χ0n) is 11.7. The quantitative estimate of drug-likeness (QED) is 0.632. The summed E-state index contributed by atoms with van der Waals surface area (Å²) in [5, 5.41) is 9.22. The Morgan fingerprint density at radius 1 is 1.21 bits per heavy atom. The molecule has 0 unspecified atom stereocenters. The van der Waals surface area contributed by atoms with Crippen LogP contribution in [0.25, 0.3) is 0 Å². The Balaban J connectivity index is 2.91. The number of carbonyl (C=O) groups excluding carboxylic acids is 1. The topological polar surface area (TPSA) is 63.6 Å². The molecule has 0 aliphatic rings. The number of carboxylic acids is 1. The van der Waals surface area contributed by atoms with Crippen LogP contribution in [0.2, 0.25) is 0 Å². The molecule has 0 spiro atoms. The average Bonchev–Trinajstić information content (AvgIpc) is 2.37. The van der Waals surface area contributed by atoms with Crippen molar-refractivity contribution in [1.29, 1.82) is 0 Å². The fourth-order valence-corrected chi connectivity index (χ4v) is 1.86. The van der Waals surface area contributed by atoms with Gasteiger partial charge in [0.1, 0.15) is 0 Å². The van der Waals surface area contributed by atoms with Gasteiger partial charge >= 0.3 is 11.9 Å². The number of rotatable bonds is 6. The molecular formula is C15H20O4. The van der Waals surface area contributed by atoms with Gasteiger partial charge in [-0.2, -0.15) is 0 Å². The molecule has 0 aliphatic carbocycles. The van der Waals surface area contributed by atoms with Gasteiger partial charge in [0.2, 0.25) is 0 Å². The summed E-state index contributed by atoms with van der Waals surface area (Å²) in [7, 11) is 0. The van der Waals surface area contributed by atoms with Crippen LogP contribution in [0.5, 0.6) is 0 Å². The van der Waals surface area contributed by atoms with Crippen LogP contribution in [-0.2, 0) is 4.74 Å². The summed E-state index contributed by atoms with van der Waals surface area (Å²) in [5.74, 6) is -1.65. The summed E-state index contributed by atoms with van der Waals surface area (Å²) >= 11 is 0. The van der Waals surface area contributed by atoms with E-state index in [1.54, 1.807) is 13.0 Å². The highest BCUT2D eigenvalue weighted by molar-refractivity contribution is 6.03. The molecule has 0 atom stereocenters. The Hall–Kier alpha value is -1.84. The third-order valence-electron chi connectivity index (χ3n) is 3.15. The zero-order valence-corrected chi connectivity index (χ0v) is 11.7. The first-order chi connectivity index (χ1) is 8.99. The molecule has 0 fully saturated rings. The van der Waals surface area contributed by atoms with Gasteiger partial charge in [-0.25, -0.2) is 9.59 Å². The number of ether oxygens (including phenoxy) is 1. The molecule has 1 rings (SSSR count). The van der Waals surface area contributed by atoms with Crippen molar-refractivity contribution in [3.63, 3.8) is 0 Å². The number of aryl methyl sites for hydroxylation is 1. The molecule has 4 nitrogen and oxygen atoms in total. The Labute approximate surface area is 113 Å². The van der Waals surface area contributed by atoms with Crippen LogP contribution in [0, 0.1) is 13.8 Å². The van der Waals surface area contributed by atoms with Gasteiger partial charge < -0.3 is 9.84 Å². The molecule has 19 heavy (non-hydrogen) atoms. The minimum Gasteiger partial charge on any atom is -0.478 e. The minimum atomic E-state index is -1.10. The number of benzene rings is 1. The molecule has 0 heterocycles. The third kappa shape index (κ3) is 3.81. The number of aromatic carboxylic acids is 1. The van der Waals surface area contributed by atoms with E-state index in [-0.39, 0.29) is 11.1 Å². The first-order valence-corrected chi connectivity index (χ1v) is 6.49. The number of carbonyl (C=O) groups is 2. The normalized spacial score (nSPS) is 10.3. The summed E-state index contributed by atoms with van der Waals surface area (Å²) in [5.41, 5.74) is 1.63. The van der Waals surface area contributed by atoms with Gasteiger partial charge in [0.15, 0.2) is 0 Å². The Bertz CT molecular complexity index is 477. The number of esters is 1. The van der Waals surface area contributed by atoms with E-state index >= 15 is 0 Å². The predicted molar refractivity (Wildman–Crippen MR) is 72.7 cm³/mol. The van der Waals surface area contributed by atoms with Gasteiger partial charge in [0.25, 0.3) is 0 Å². The maximum Gasteiger partial charge on any atom is 0.339 e. The maximum absolute atomic E-state index is 11.9. The van der Waals surface area contributed by atoms with E-state index in [9.17, 15) is 14.7 Å². The molecule has 0 bridgehead atoms. The largest absolute Gasteiger partial charge is 0.478 e. The fourth-order valence-electron chi connectivity index (χ4n) is 1.86.